The molecule has 0 heterocycles. The van der Waals surface area contributed by atoms with Gasteiger partial charge in [-0.05, 0) is 55.2 Å². The zero-order chi connectivity index (χ0) is 16.5. The lowest BCUT2D eigenvalue weighted by Crippen LogP contribution is -2.40. The third-order valence-corrected chi connectivity index (χ3v) is 3.96. The number of methoxy groups -OCH3 is 1. The molecule has 0 aliphatic rings. The maximum absolute atomic E-state index is 5.36. The van der Waals surface area contributed by atoms with Crippen molar-refractivity contribution in [3.63, 3.8) is 0 Å². The molecule has 0 saturated heterocycles. The number of ether oxygens (including phenoxy) is 1. The normalized spacial score (nSPS) is 11.6. The second-order valence-electron chi connectivity index (χ2n) is 5.60. The van der Waals surface area contributed by atoms with Crippen LogP contribution in [0.5, 0.6) is 5.75 Å². The summed E-state index contributed by atoms with van der Waals surface area (Å²) in [5.41, 5.74) is 2.53. The first kappa shape index (κ1) is 17.3. The van der Waals surface area contributed by atoms with Crippen LogP contribution < -0.4 is 15.4 Å². The van der Waals surface area contributed by atoms with Gasteiger partial charge in [0.15, 0.2) is 5.11 Å². The Kier molecular flexibility index (Phi) is 6.88. The van der Waals surface area contributed by atoms with E-state index in [1.54, 1.807) is 7.11 Å². The van der Waals surface area contributed by atoms with E-state index in [1.807, 2.05) is 30.3 Å². The van der Waals surface area contributed by atoms with Crippen LogP contribution in [-0.2, 0) is 13.0 Å². The van der Waals surface area contributed by atoms with Gasteiger partial charge in [-0.1, -0.05) is 42.5 Å². The second-order valence-corrected chi connectivity index (χ2v) is 6.01. The summed E-state index contributed by atoms with van der Waals surface area (Å²) in [5, 5.41) is 7.28. The standard InChI is InChI=1S/C19H24N2OS/c1-15(8-9-16-6-4-3-5-7-16)21-19(23)20-14-17-10-12-18(22-2)13-11-17/h3-7,10-13,15H,8-9,14H2,1-2H3,(H2,20,21,23)/t15-/m1/s1. The van der Waals surface area contributed by atoms with E-state index in [1.165, 1.54) is 11.1 Å². The number of rotatable bonds is 7. The fourth-order valence-corrected chi connectivity index (χ4v) is 2.57. The molecule has 0 amide bonds. The molecule has 2 rings (SSSR count). The van der Waals surface area contributed by atoms with Crippen LogP contribution in [0.2, 0.25) is 0 Å². The monoisotopic (exact) mass is 328 g/mol. The van der Waals surface area contributed by atoms with Crippen LogP contribution in [0.15, 0.2) is 54.6 Å². The third kappa shape index (κ3) is 6.28. The molecule has 0 bridgehead atoms. The van der Waals surface area contributed by atoms with Crippen molar-refractivity contribution in [2.45, 2.75) is 32.4 Å². The van der Waals surface area contributed by atoms with Crippen molar-refractivity contribution in [2.24, 2.45) is 0 Å². The van der Waals surface area contributed by atoms with Crippen molar-refractivity contribution in [2.75, 3.05) is 7.11 Å². The van der Waals surface area contributed by atoms with E-state index in [9.17, 15) is 0 Å². The highest BCUT2D eigenvalue weighted by atomic mass is 32.1. The van der Waals surface area contributed by atoms with Crippen LogP contribution in [0, 0.1) is 0 Å². The summed E-state index contributed by atoms with van der Waals surface area (Å²) in [6.07, 6.45) is 2.10. The van der Waals surface area contributed by atoms with Gasteiger partial charge in [0, 0.05) is 12.6 Å². The molecule has 3 nitrogen and oxygen atoms in total. The second kappa shape index (κ2) is 9.16. The maximum Gasteiger partial charge on any atom is 0.166 e. The quantitative estimate of drug-likeness (QED) is 0.760. The molecule has 0 spiro atoms. The highest BCUT2D eigenvalue weighted by Crippen LogP contribution is 2.11. The van der Waals surface area contributed by atoms with Gasteiger partial charge in [-0.25, -0.2) is 0 Å². The molecule has 0 aliphatic heterocycles. The molecule has 0 fully saturated rings. The lowest BCUT2D eigenvalue weighted by Gasteiger charge is -2.17. The van der Waals surface area contributed by atoms with Crippen LogP contribution in [0.25, 0.3) is 0 Å². The molecule has 2 aromatic rings. The van der Waals surface area contributed by atoms with Gasteiger partial charge >= 0.3 is 0 Å². The van der Waals surface area contributed by atoms with Crippen LogP contribution in [0.4, 0.5) is 0 Å². The van der Waals surface area contributed by atoms with E-state index in [0.29, 0.717) is 17.7 Å². The molecule has 4 heteroatoms. The summed E-state index contributed by atoms with van der Waals surface area (Å²) in [4.78, 5) is 0. The molecule has 23 heavy (non-hydrogen) atoms. The Morgan fingerprint density at radius 2 is 1.74 bits per heavy atom. The predicted molar refractivity (Wildman–Crippen MR) is 99.8 cm³/mol. The number of nitrogens with one attached hydrogen (secondary N) is 2. The summed E-state index contributed by atoms with van der Waals surface area (Å²) in [6, 6.07) is 18.8. The molecule has 0 radical (unpaired) electrons. The Bertz CT molecular complexity index is 599. The van der Waals surface area contributed by atoms with Crippen molar-refractivity contribution in [3.8, 4) is 5.75 Å². The van der Waals surface area contributed by atoms with E-state index >= 15 is 0 Å². The van der Waals surface area contributed by atoms with E-state index in [-0.39, 0.29) is 0 Å². The number of benzene rings is 2. The molecule has 0 saturated carbocycles. The van der Waals surface area contributed by atoms with Gasteiger partial charge in [0.05, 0.1) is 7.11 Å². The molecule has 2 aromatic carbocycles. The zero-order valence-corrected chi connectivity index (χ0v) is 14.5. The van der Waals surface area contributed by atoms with Crippen molar-refractivity contribution < 1.29 is 4.74 Å². The Balaban J connectivity index is 1.69. The largest absolute Gasteiger partial charge is 0.497 e. The number of thiocarbonyl (C=S) groups is 1. The maximum atomic E-state index is 5.36. The van der Waals surface area contributed by atoms with Gasteiger partial charge in [0.2, 0.25) is 0 Å². The van der Waals surface area contributed by atoms with Crippen molar-refractivity contribution in [1.29, 1.82) is 0 Å². The van der Waals surface area contributed by atoms with Crippen molar-refractivity contribution >= 4 is 17.3 Å². The first-order valence-electron chi connectivity index (χ1n) is 7.88. The van der Waals surface area contributed by atoms with E-state index < -0.39 is 0 Å². The van der Waals surface area contributed by atoms with Crippen molar-refractivity contribution in [3.05, 3.63) is 65.7 Å². The van der Waals surface area contributed by atoms with E-state index in [0.717, 1.165) is 18.6 Å². The van der Waals surface area contributed by atoms with Gasteiger partial charge in [0.1, 0.15) is 5.75 Å². The lowest BCUT2D eigenvalue weighted by molar-refractivity contribution is 0.414. The van der Waals surface area contributed by atoms with E-state index in [4.69, 9.17) is 17.0 Å². The summed E-state index contributed by atoms with van der Waals surface area (Å²) >= 11 is 5.36. The SMILES string of the molecule is COc1ccc(CNC(=S)N[C@H](C)CCc2ccccc2)cc1. The first-order valence-corrected chi connectivity index (χ1v) is 8.29. The highest BCUT2D eigenvalue weighted by Gasteiger charge is 2.04. The Morgan fingerprint density at radius 3 is 2.39 bits per heavy atom. The van der Waals surface area contributed by atoms with Gasteiger partial charge < -0.3 is 15.4 Å². The third-order valence-electron chi connectivity index (χ3n) is 3.70. The van der Waals surface area contributed by atoms with Crippen LogP contribution >= 0.6 is 12.2 Å². The van der Waals surface area contributed by atoms with E-state index in [2.05, 4.69) is 41.8 Å². The van der Waals surface area contributed by atoms with Gasteiger partial charge in [-0.3, -0.25) is 0 Å². The first-order chi connectivity index (χ1) is 11.2. The molecular formula is C19H24N2OS. The Labute approximate surface area is 144 Å². The minimum atomic E-state index is 0.339. The average Bonchev–Trinajstić information content (AvgIpc) is 2.59. The van der Waals surface area contributed by atoms with Crippen LogP contribution in [-0.4, -0.2) is 18.3 Å². The number of hydrogen-bond donors (Lipinski definition) is 2. The molecule has 122 valence electrons. The van der Waals surface area contributed by atoms with Gasteiger partial charge in [0.25, 0.3) is 0 Å². The molecule has 1 atom stereocenters. The highest BCUT2D eigenvalue weighted by molar-refractivity contribution is 7.80. The molecule has 2 N–H and O–H groups in total. The molecule has 0 aromatic heterocycles. The van der Waals surface area contributed by atoms with Crippen LogP contribution in [0.1, 0.15) is 24.5 Å². The lowest BCUT2D eigenvalue weighted by atomic mass is 10.1. The topological polar surface area (TPSA) is 33.3 Å². The smallest absolute Gasteiger partial charge is 0.166 e. The Hall–Kier alpha value is -2.07. The minimum Gasteiger partial charge on any atom is -0.497 e. The molecular weight excluding hydrogens is 304 g/mol. The Morgan fingerprint density at radius 1 is 1.04 bits per heavy atom. The minimum absolute atomic E-state index is 0.339. The summed E-state index contributed by atoms with van der Waals surface area (Å²) < 4.78 is 5.15. The van der Waals surface area contributed by atoms with Gasteiger partial charge in [-0.15, -0.1) is 0 Å². The fraction of sp³-hybridized carbons (Fsp3) is 0.316. The van der Waals surface area contributed by atoms with Crippen molar-refractivity contribution in [1.82, 2.24) is 10.6 Å². The fourth-order valence-electron chi connectivity index (χ4n) is 2.30. The number of aryl methyl sites for hydroxylation is 1. The summed E-state index contributed by atoms with van der Waals surface area (Å²) in [7, 11) is 1.67. The van der Waals surface area contributed by atoms with Crippen LogP contribution in [0.3, 0.4) is 0 Å². The molecule has 0 aliphatic carbocycles. The molecule has 0 unspecified atom stereocenters. The average molecular weight is 328 g/mol. The summed E-state index contributed by atoms with van der Waals surface area (Å²) in [5.74, 6) is 0.865. The zero-order valence-electron chi connectivity index (χ0n) is 13.7. The van der Waals surface area contributed by atoms with Gasteiger partial charge in [-0.2, -0.15) is 0 Å². The number of hydrogen-bond acceptors (Lipinski definition) is 2. The summed E-state index contributed by atoms with van der Waals surface area (Å²) in [6.45, 7) is 2.87. The predicted octanol–water partition coefficient (Wildman–Crippen LogP) is 3.68.